The fourth-order valence-corrected chi connectivity index (χ4v) is 2.46. The maximum Gasteiger partial charge on any atom is 0.196 e. The Morgan fingerprint density at radius 1 is 1.05 bits per heavy atom. The van der Waals surface area contributed by atoms with Crippen molar-refractivity contribution in [3.63, 3.8) is 0 Å². The van der Waals surface area contributed by atoms with Gasteiger partial charge in [0.05, 0.1) is 11.9 Å². The fourth-order valence-electron chi connectivity index (χ4n) is 2.46. The molecule has 2 aromatic rings. The molecule has 2 heterocycles. The van der Waals surface area contributed by atoms with Crippen molar-refractivity contribution in [1.29, 1.82) is 0 Å². The van der Waals surface area contributed by atoms with Crippen LogP contribution in [0.15, 0.2) is 39.7 Å². The highest BCUT2D eigenvalue weighted by atomic mass is 16.4. The van der Waals surface area contributed by atoms with E-state index in [1.807, 2.05) is 18.2 Å². The van der Waals surface area contributed by atoms with E-state index in [2.05, 4.69) is 35.9 Å². The van der Waals surface area contributed by atoms with Gasteiger partial charge in [-0.3, -0.25) is 4.99 Å². The smallest absolute Gasteiger partial charge is 0.196 e. The van der Waals surface area contributed by atoms with Gasteiger partial charge < -0.3 is 9.32 Å². The zero-order valence-corrected chi connectivity index (χ0v) is 12.1. The standard InChI is InChI=1S/C17H20N2O/c1-13-5-6-15(11-14(13)2)18-12-16-7-8-17(20-16)19-9-3-4-10-19/h5-8,11-12H,3-4,9-10H2,1-2H3. The second-order valence-corrected chi connectivity index (χ2v) is 5.40. The molecule has 0 N–H and O–H groups in total. The lowest BCUT2D eigenvalue weighted by Gasteiger charge is -2.12. The maximum absolute atomic E-state index is 5.82. The van der Waals surface area contributed by atoms with Gasteiger partial charge in [0.15, 0.2) is 5.88 Å². The van der Waals surface area contributed by atoms with Crippen LogP contribution in [-0.2, 0) is 0 Å². The van der Waals surface area contributed by atoms with Crippen molar-refractivity contribution >= 4 is 17.8 Å². The lowest BCUT2D eigenvalue weighted by Crippen LogP contribution is -2.16. The first kappa shape index (κ1) is 13.0. The van der Waals surface area contributed by atoms with E-state index < -0.39 is 0 Å². The lowest BCUT2D eigenvalue weighted by atomic mass is 10.1. The Morgan fingerprint density at radius 2 is 1.85 bits per heavy atom. The minimum Gasteiger partial charge on any atom is -0.440 e. The largest absolute Gasteiger partial charge is 0.440 e. The lowest BCUT2D eigenvalue weighted by molar-refractivity contribution is 0.550. The number of benzene rings is 1. The van der Waals surface area contributed by atoms with Crippen LogP contribution < -0.4 is 4.90 Å². The van der Waals surface area contributed by atoms with Crippen molar-refractivity contribution in [1.82, 2.24) is 0 Å². The second-order valence-electron chi connectivity index (χ2n) is 5.40. The van der Waals surface area contributed by atoms with Crippen LogP contribution in [0.3, 0.4) is 0 Å². The van der Waals surface area contributed by atoms with Gasteiger partial charge in [-0.15, -0.1) is 0 Å². The van der Waals surface area contributed by atoms with Crippen molar-refractivity contribution in [3.05, 3.63) is 47.2 Å². The van der Waals surface area contributed by atoms with Crippen molar-refractivity contribution in [3.8, 4) is 0 Å². The van der Waals surface area contributed by atoms with E-state index in [1.165, 1.54) is 24.0 Å². The molecule has 0 radical (unpaired) electrons. The average molecular weight is 268 g/mol. The molecule has 0 spiro atoms. The SMILES string of the molecule is Cc1ccc(N=Cc2ccc(N3CCCC3)o2)cc1C. The maximum atomic E-state index is 5.82. The van der Waals surface area contributed by atoms with Crippen LogP contribution in [-0.4, -0.2) is 19.3 Å². The fraction of sp³-hybridized carbons (Fsp3) is 0.353. The molecule has 3 rings (SSSR count). The third kappa shape index (κ3) is 2.77. The summed E-state index contributed by atoms with van der Waals surface area (Å²) in [6, 6.07) is 10.2. The molecule has 3 nitrogen and oxygen atoms in total. The zero-order valence-electron chi connectivity index (χ0n) is 12.1. The summed E-state index contributed by atoms with van der Waals surface area (Å²) in [6.07, 6.45) is 4.31. The molecule has 1 aromatic carbocycles. The van der Waals surface area contributed by atoms with Gasteiger partial charge in [0.25, 0.3) is 0 Å². The van der Waals surface area contributed by atoms with Gasteiger partial charge in [-0.05, 0) is 56.0 Å². The van der Waals surface area contributed by atoms with E-state index in [0.717, 1.165) is 30.4 Å². The molecule has 0 amide bonds. The molecular formula is C17H20N2O. The van der Waals surface area contributed by atoms with Gasteiger partial charge in [0.2, 0.25) is 0 Å². The van der Waals surface area contributed by atoms with Gasteiger partial charge in [0.1, 0.15) is 5.76 Å². The van der Waals surface area contributed by atoms with Crippen molar-refractivity contribution in [2.75, 3.05) is 18.0 Å². The van der Waals surface area contributed by atoms with Gasteiger partial charge >= 0.3 is 0 Å². The van der Waals surface area contributed by atoms with Crippen LogP contribution in [0.1, 0.15) is 29.7 Å². The number of rotatable bonds is 3. The molecule has 1 fully saturated rings. The van der Waals surface area contributed by atoms with E-state index in [-0.39, 0.29) is 0 Å². The Labute approximate surface area is 119 Å². The molecule has 0 unspecified atom stereocenters. The van der Waals surface area contributed by atoms with Crippen molar-refractivity contribution < 1.29 is 4.42 Å². The molecule has 1 aromatic heterocycles. The topological polar surface area (TPSA) is 28.7 Å². The summed E-state index contributed by atoms with van der Waals surface area (Å²) in [4.78, 5) is 6.77. The molecule has 0 aliphatic carbocycles. The molecule has 0 bridgehead atoms. The molecular weight excluding hydrogens is 248 g/mol. The zero-order chi connectivity index (χ0) is 13.9. The molecule has 0 saturated carbocycles. The number of hydrogen-bond acceptors (Lipinski definition) is 3. The van der Waals surface area contributed by atoms with E-state index in [9.17, 15) is 0 Å². The Morgan fingerprint density at radius 3 is 2.60 bits per heavy atom. The van der Waals surface area contributed by atoms with Crippen LogP contribution in [0.2, 0.25) is 0 Å². The van der Waals surface area contributed by atoms with Gasteiger partial charge in [-0.2, -0.15) is 0 Å². The van der Waals surface area contributed by atoms with Crippen molar-refractivity contribution in [2.24, 2.45) is 4.99 Å². The molecule has 20 heavy (non-hydrogen) atoms. The van der Waals surface area contributed by atoms with Gasteiger partial charge in [0, 0.05) is 19.2 Å². The quantitative estimate of drug-likeness (QED) is 0.779. The highest BCUT2D eigenvalue weighted by molar-refractivity contribution is 5.79. The summed E-state index contributed by atoms with van der Waals surface area (Å²) in [6.45, 7) is 6.41. The first-order valence-electron chi connectivity index (χ1n) is 7.18. The summed E-state index contributed by atoms with van der Waals surface area (Å²) in [5, 5.41) is 0. The number of aliphatic imine (C=N–C) groups is 1. The first-order chi connectivity index (χ1) is 9.72. The predicted octanol–water partition coefficient (Wildman–Crippen LogP) is 4.25. The van der Waals surface area contributed by atoms with Crippen LogP contribution >= 0.6 is 0 Å². The Bertz CT molecular complexity index is 622. The summed E-state index contributed by atoms with van der Waals surface area (Å²) in [7, 11) is 0. The molecule has 1 aliphatic heterocycles. The number of hydrogen-bond donors (Lipinski definition) is 0. The van der Waals surface area contributed by atoms with Crippen molar-refractivity contribution in [2.45, 2.75) is 26.7 Å². The minimum absolute atomic E-state index is 0.810. The number of nitrogens with zero attached hydrogens (tertiary/aromatic N) is 2. The normalized spacial score (nSPS) is 15.4. The molecule has 3 heteroatoms. The third-order valence-electron chi connectivity index (χ3n) is 3.86. The Hall–Kier alpha value is -2.03. The van der Waals surface area contributed by atoms with Gasteiger partial charge in [-0.25, -0.2) is 0 Å². The van der Waals surface area contributed by atoms with E-state index in [1.54, 1.807) is 6.21 Å². The summed E-state index contributed by atoms with van der Waals surface area (Å²) >= 11 is 0. The third-order valence-corrected chi connectivity index (χ3v) is 3.86. The highest BCUT2D eigenvalue weighted by Crippen LogP contribution is 2.23. The van der Waals surface area contributed by atoms with E-state index in [4.69, 9.17) is 4.42 Å². The monoisotopic (exact) mass is 268 g/mol. The first-order valence-corrected chi connectivity index (χ1v) is 7.18. The Kier molecular flexibility index (Phi) is 3.59. The van der Waals surface area contributed by atoms with E-state index >= 15 is 0 Å². The summed E-state index contributed by atoms with van der Waals surface area (Å²) in [5.74, 6) is 1.77. The van der Waals surface area contributed by atoms with Gasteiger partial charge in [-0.1, -0.05) is 6.07 Å². The van der Waals surface area contributed by atoms with Crippen LogP contribution in [0, 0.1) is 13.8 Å². The molecule has 104 valence electrons. The highest BCUT2D eigenvalue weighted by Gasteiger charge is 2.14. The molecule has 1 aliphatic rings. The summed E-state index contributed by atoms with van der Waals surface area (Å²) < 4.78 is 5.82. The predicted molar refractivity (Wildman–Crippen MR) is 83.3 cm³/mol. The van der Waals surface area contributed by atoms with Crippen LogP contribution in [0.5, 0.6) is 0 Å². The number of aryl methyl sites for hydroxylation is 2. The van der Waals surface area contributed by atoms with Crippen LogP contribution in [0.4, 0.5) is 11.6 Å². The van der Waals surface area contributed by atoms with Crippen LogP contribution in [0.25, 0.3) is 0 Å². The summed E-state index contributed by atoms with van der Waals surface area (Å²) in [5.41, 5.74) is 3.52. The molecule has 1 saturated heterocycles. The average Bonchev–Trinajstić information content (AvgIpc) is 3.09. The second kappa shape index (κ2) is 5.53. The number of furan rings is 1. The minimum atomic E-state index is 0.810. The molecule has 0 atom stereocenters. The van der Waals surface area contributed by atoms with E-state index in [0.29, 0.717) is 0 Å². The Balaban J connectivity index is 1.73. The number of anilines is 1.